The van der Waals surface area contributed by atoms with E-state index in [0.717, 1.165) is 29.9 Å². The fraction of sp³-hybridized carbons (Fsp3) is 0.333. The third-order valence-corrected chi connectivity index (χ3v) is 3.02. The van der Waals surface area contributed by atoms with Crippen molar-refractivity contribution < 1.29 is 8.81 Å². The van der Waals surface area contributed by atoms with E-state index in [1.54, 1.807) is 6.26 Å². The van der Waals surface area contributed by atoms with E-state index in [1.165, 1.54) is 12.1 Å². The summed E-state index contributed by atoms with van der Waals surface area (Å²) >= 11 is 0. The molecule has 1 heterocycles. The van der Waals surface area contributed by atoms with Gasteiger partial charge in [0.15, 0.2) is 0 Å². The van der Waals surface area contributed by atoms with Crippen molar-refractivity contribution in [2.75, 3.05) is 6.54 Å². The molecule has 0 amide bonds. The largest absolute Gasteiger partial charge is 0.469 e. The average Bonchev–Trinajstić information content (AvgIpc) is 2.85. The lowest BCUT2D eigenvalue weighted by molar-refractivity contribution is 0.502. The number of halogens is 1. The highest BCUT2D eigenvalue weighted by Crippen LogP contribution is 2.26. The van der Waals surface area contributed by atoms with Crippen molar-refractivity contribution in [2.24, 2.45) is 0 Å². The average molecular weight is 247 g/mol. The third-order valence-electron chi connectivity index (χ3n) is 3.02. The van der Waals surface area contributed by atoms with E-state index in [-0.39, 0.29) is 11.9 Å². The zero-order valence-corrected chi connectivity index (χ0v) is 10.7. The highest BCUT2D eigenvalue weighted by atomic mass is 19.1. The Labute approximate surface area is 107 Å². The Morgan fingerprint density at radius 2 is 1.89 bits per heavy atom. The Kier molecular flexibility index (Phi) is 4.15. The first kappa shape index (κ1) is 12.8. The Morgan fingerprint density at radius 1 is 1.17 bits per heavy atom. The van der Waals surface area contributed by atoms with Crippen molar-refractivity contribution in [3.8, 4) is 0 Å². The maximum absolute atomic E-state index is 13.0. The lowest BCUT2D eigenvalue weighted by Crippen LogP contribution is -2.22. The minimum absolute atomic E-state index is 0.0595. The summed E-state index contributed by atoms with van der Waals surface area (Å²) in [6, 6.07) is 8.65. The fourth-order valence-electron chi connectivity index (χ4n) is 2.16. The first-order chi connectivity index (χ1) is 8.76. The van der Waals surface area contributed by atoms with Crippen LogP contribution >= 0.6 is 0 Å². The summed E-state index contributed by atoms with van der Waals surface area (Å²) in [5.41, 5.74) is 2.18. The van der Waals surface area contributed by atoms with Crippen LogP contribution in [0.25, 0.3) is 0 Å². The maximum Gasteiger partial charge on any atom is 0.123 e. The predicted molar refractivity (Wildman–Crippen MR) is 70.0 cm³/mol. The van der Waals surface area contributed by atoms with Crippen molar-refractivity contribution in [1.29, 1.82) is 0 Å². The highest BCUT2D eigenvalue weighted by Gasteiger charge is 2.18. The number of aryl methyl sites for hydroxylation is 1. The summed E-state index contributed by atoms with van der Waals surface area (Å²) < 4.78 is 18.5. The summed E-state index contributed by atoms with van der Waals surface area (Å²) in [4.78, 5) is 0. The minimum atomic E-state index is -0.211. The molecule has 18 heavy (non-hydrogen) atoms. The van der Waals surface area contributed by atoms with E-state index in [4.69, 9.17) is 4.42 Å². The highest BCUT2D eigenvalue weighted by molar-refractivity contribution is 5.33. The quantitative estimate of drug-likeness (QED) is 0.872. The third kappa shape index (κ3) is 2.62. The van der Waals surface area contributed by atoms with Crippen molar-refractivity contribution in [3.05, 3.63) is 59.3 Å². The van der Waals surface area contributed by atoms with Gasteiger partial charge in [-0.1, -0.05) is 26.0 Å². The molecule has 0 saturated carbocycles. The SMILES string of the molecule is CCNC(c1ccc(F)cc1)c1ccoc1CC. The van der Waals surface area contributed by atoms with Crippen LogP contribution in [0.2, 0.25) is 0 Å². The molecular formula is C15H18FNO. The normalized spacial score (nSPS) is 12.6. The van der Waals surface area contributed by atoms with Gasteiger partial charge in [0.25, 0.3) is 0 Å². The Hall–Kier alpha value is -1.61. The smallest absolute Gasteiger partial charge is 0.123 e. The van der Waals surface area contributed by atoms with Crippen LogP contribution in [0, 0.1) is 5.82 Å². The van der Waals surface area contributed by atoms with Crippen LogP contribution in [-0.4, -0.2) is 6.54 Å². The second kappa shape index (κ2) is 5.83. The number of furan rings is 1. The van der Waals surface area contributed by atoms with Crippen LogP contribution in [-0.2, 0) is 6.42 Å². The topological polar surface area (TPSA) is 25.2 Å². The van der Waals surface area contributed by atoms with Gasteiger partial charge in [0.2, 0.25) is 0 Å². The molecule has 0 spiro atoms. The van der Waals surface area contributed by atoms with Crippen LogP contribution in [0.15, 0.2) is 41.0 Å². The Balaban J connectivity index is 2.36. The van der Waals surface area contributed by atoms with E-state index in [1.807, 2.05) is 18.2 Å². The molecule has 0 fully saturated rings. The van der Waals surface area contributed by atoms with E-state index in [0.29, 0.717) is 0 Å². The lowest BCUT2D eigenvalue weighted by atomic mass is 9.98. The molecule has 0 aliphatic carbocycles. The molecule has 1 aromatic heterocycles. The van der Waals surface area contributed by atoms with Crippen molar-refractivity contribution in [3.63, 3.8) is 0 Å². The first-order valence-electron chi connectivity index (χ1n) is 6.31. The van der Waals surface area contributed by atoms with Crippen LogP contribution in [0.4, 0.5) is 4.39 Å². The number of benzene rings is 1. The van der Waals surface area contributed by atoms with Crippen LogP contribution in [0.5, 0.6) is 0 Å². The minimum Gasteiger partial charge on any atom is -0.469 e. The Morgan fingerprint density at radius 3 is 2.50 bits per heavy atom. The summed E-state index contributed by atoms with van der Waals surface area (Å²) in [6.45, 7) is 4.97. The molecule has 1 aromatic carbocycles. The van der Waals surface area contributed by atoms with E-state index < -0.39 is 0 Å². The molecule has 0 saturated heterocycles. The first-order valence-corrected chi connectivity index (χ1v) is 6.31. The molecule has 0 radical (unpaired) electrons. The monoisotopic (exact) mass is 247 g/mol. The van der Waals surface area contributed by atoms with Gasteiger partial charge in [0, 0.05) is 12.0 Å². The second-order valence-corrected chi connectivity index (χ2v) is 4.19. The molecule has 1 N–H and O–H groups in total. The number of rotatable bonds is 5. The second-order valence-electron chi connectivity index (χ2n) is 4.19. The van der Waals surface area contributed by atoms with Gasteiger partial charge < -0.3 is 9.73 Å². The van der Waals surface area contributed by atoms with Gasteiger partial charge in [-0.15, -0.1) is 0 Å². The molecule has 0 aliphatic heterocycles. The summed E-state index contributed by atoms with van der Waals surface area (Å²) in [5, 5.41) is 3.41. The molecule has 0 aliphatic rings. The van der Waals surface area contributed by atoms with E-state index >= 15 is 0 Å². The summed E-state index contributed by atoms with van der Waals surface area (Å²) in [6.07, 6.45) is 2.56. The van der Waals surface area contributed by atoms with Crippen molar-refractivity contribution >= 4 is 0 Å². The number of hydrogen-bond donors (Lipinski definition) is 1. The molecule has 96 valence electrons. The molecule has 2 rings (SSSR count). The van der Waals surface area contributed by atoms with Crippen LogP contribution < -0.4 is 5.32 Å². The van der Waals surface area contributed by atoms with Gasteiger partial charge in [0.1, 0.15) is 11.6 Å². The van der Waals surface area contributed by atoms with Gasteiger partial charge >= 0.3 is 0 Å². The van der Waals surface area contributed by atoms with Crippen LogP contribution in [0.1, 0.15) is 36.8 Å². The zero-order chi connectivity index (χ0) is 13.0. The zero-order valence-electron chi connectivity index (χ0n) is 10.7. The van der Waals surface area contributed by atoms with Crippen molar-refractivity contribution in [1.82, 2.24) is 5.32 Å². The molecular weight excluding hydrogens is 229 g/mol. The molecule has 2 nitrogen and oxygen atoms in total. The van der Waals surface area contributed by atoms with Gasteiger partial charge in [-0.05, 0) is 30.3 Å². The Bertz CT molecular complexity index is 489. The molecule has 1 atom stereocenters. The summed E-state index contributed by atoms with van der Waals surface area (Å²) in [5.74, 6) is 0.766. The molecule has 0 bridgehead atoms. The summed E-state index contributed by atoms with van der Waals surface area (Å²) in [7, 11) is 0. The predicted octanol–water partition coefficient (Wildman–Crippen LogP) is 3.68. The van der Waals surface area contributed by atoms with Gasteiger partial charge in [-0.2, -0.15) is 0 Å². The van der Waals surface area contributed by atoms with Crippen molar-refractivity contribution in [2.45, 2.75) is 26.3 Å². The van der Waals surface area contributed by atoms with Gasteiger partial charge in [-0.25, -0.2) is 4.39 Å². The van der Waals surface area contributed by atoms with E-state index in [9.17, 15) is 4.39 Å². The molecule has 2 aromatic rings. The molecule has 1 unspecified atom stereocenters. The standard InChI is InChI=1S/C15H18FNO/c1-3-14-13(9-10-18-14)15(17-4-2)11-5-7-12(16)8-6-11/h5-10,15,17H,3-4H2,1-2H3. The fourth-order valence-corrected chi connectivity index (χ4v) is 2.16. The lowest BCUT2D eigenvalue weighted by Gasteiger charge is -2.18. The van der Waals surface area contributed by atoms with Gasteiger partial charge in [0.05, 0.1) is 12.3 Å². The maximum atomic E-state index is 13.0. The number of hydrogen-bond acceptors (Lipinski definition) is 2. The number of nitrogens with one attached hydrogen (secondary N) is 1. The van der Waals surface area contributed by atoms with E-state index in [2.05, 4.69) is 19.2 Å². The van der Waals surface area contributed by atoms with Crippen LogP contribution in [0.3, 0.4) is 0 Å². The molecule has 3 heteroatoms. The van der Waals surface area contributed by atoms with Gasteiger partial charge in [-0.3, -0.25) is 0 Å².